The van der Waals surface area contributed by atoms with Crippen molar-refractivity contribution >= 4 is 16.9 Å². The lowest BCUT2D eigenvalue weighted by Gasteiger charge is -2.12. The molecule has 1 unspecified atom stereocenters. The van der Waals surface area contributed by atoms with Gasteiger partial charge in [0.25, 0.3) is 0 Å². The summed E-state index contributed by atoms with van der Waals surface area (Å²) >= 11 is 0. The van der Waals surface area contributed by atoms with Gasteiger partial charge in [-0.05, 0) is 62.2 Å². The van der Waals surface area contributed by atoms with Gasteiger partial charge in [-0.1, -0.05) is 6.92 Å². The molecule has 35 heavy (non-hydrogen) atoms. The largest absolute Gasteiger partial charge is 0.493 e. The zero-order valence-electron chi connectivity index (χ0n) is 20.4. The highest BCUT2D eigenvalue weighted by molar-refractivity contribution is 5.88. The van der Waals surface area contributed by atoms with Crippen molar-refractivity contribution in [3.63, 3.8) is 0 Å². The number of hydrogen-bond acceptors (Lipinski definition) is 6. The molecule has 0 amide bonds. The number of hydrogen-bond donors (Lipinski definition) is 2. The Hall–Kier alpha value is -3.94. The number of nitrogens with one attached hydrogen (secondary N) is 1. The Balaban J connectivity index is 1.33. The van der Waals surface area contributed by atoms with E-state index in [1.54, 1.807) is 20.3 Å². The maximum Gasteiger partial charge on any atom is 0.312 e. The topological polar surface area (TPSA) is 107 Å². The average Bonchev–Trinajstić information content (AvgIpc) is 3.48. The molecule has 8 heteroatoms. The predicted octanol–water partition coefficient (Wildman–Crippen LogP) is 5.74. The van der Waals surface area contributed by atoms with E-state index in [0.717, 1.165) is 39.9 Å². The van der Waals surface area contributed by atoms with Gasteiger partial charge >= 0.3 is 5.97 Å². The summed E-state index contributed by atoms with van der Waals surface area (Å²) in [6, 6.07) is 11.3. The van der Waals surface area contributed by atoms with Crippen LogP contribution in [0, 0.1) is 6.92 Å². The number of ether oxygens (including phenoxy) is 3. The average molecular weight is 479 g/mol. The molecule has 0 radical (unpaired) electrons. The number of carboxylic acids is 1. The van der Waals surface area contributed by atoms with E-state index in [2.05, 4.69) is 9.97 Å². The summed E-state index contributed by atoms with van der Waals surface area (Å²) < 4.78 is 22.8. The third-order valence-electron chi connectivity index (χ3n) is 6.01. The van der Waals surface area contributed by atoms with E-state index in [1.165, 1.54) is 0 Å². The minimum atomic E-state index is -0.856. The van der Waals surface area contributed by atoms with Crippen molar-refractivity contribution in [1.82, 2.24) is 9.97 Å². The van der Waals surface area contributed by atoms with Crippen molar-refractivity contribution in [3.8, 4) is 28.7 Å². The van der Waals surface area contributed by atoms with E-state index in [1.807, 2.05) is 50.2 Å². The molecule has 184 valence electrons. The van der Waals surface area contributed by atoms with E-state index in [4.69, 9.17) is 18.6 Å². The van der Waals surface area contributed by atoms with Crippen molar-refractivity contribution in [2.75, 3.05) is 20.3 Å². The molecule has 0 spiro atoms. The number of carbonyl (C=O) groups is 1. The van der Waals surface area contributed by atoms with Crippen LogP contribution in [0.15, 0.2) is 47.1 Å². The lowest BCUT2D eigenvalue weighted by Crippen LogP contribution is -2.08. The van der Waals surface area contributed by atoms with Crippen LogP contribution in [0.2, 0.25) is 0 Å². The molecule has 4 rings (SSSR count). The second-order valence-corrected chi connectivity index (χ2v) is 8.34. The number of benzene rings is 2. The summed E-state index contributed by atoms with van der Waals surface area (Å²) in [6.07, 6.45) is 3.15. The number of nitrogens with zero attached hydrogens (tertiary/aromatic N) is 1. The van der Waals surface area contributed by atoms with Crippen LogP contribution in [0.5, 0.6) is 17.2 Å². The van der Waals surface area contributed by atoms with Crippen LogP contribution in [0.3, 0.4) is 0 Å². The number of oxazole rings is 1. The predicted molar refractivity (Wildman–Crippen MR) is 133 cm³/mol. The lowest BCUT2D eigenvalue weighted by atomic mass is 10.0. The Morgan fingerprint density at radius 2 is 1.94 bits per heavy atom. The molecule has 2 aromatic carbocycles. The number of rotatable bonds is 11. The Morgan fingerprint density at radius 1 is 1.14 bits per heavy atom. The molecule has 2 heterocycles. The van der Waals surface area contributed by atoms with E-state index in [0.29, 0.717) is 42.7 Å². The van der Waals surface area contributed by atoms with Gasteiger partial charge in [-0.15, -0.1) is 0 Å². The second kappa shape index (κ2) is 10.5. The summed E-state index contributed by atoms with van der Waals surface area (Å²) in [5.74, 6) is 1.08. The fraction of sp³-hybridized carbons (Fsp3) is 0.333. The number of aryl methyl sites for hydroxylation is 2. The normalized spacial score (nSPS) is 12.0. The molecule has 8 nitrogen and oxygen atoms in total. The molecule has 2 aromatic heterocycles. The summed E-state index contributed by atoms with van der Waals surface area (Å²) in [5.41, 5.74) is 4.27. The number of aromatic nitrogens is 2. The summed E-state index contributed by atoms with van der Waals surface area (Å²) in [5, 5.41) is 10.3. The molecule has 1 atom stereocenters. The fourth-order valence-corrected chi connectivity index (χ4v) is 3.93. The number of methoxy groups -OCH3 is 1. The van der Waals surface area contributed by atoms with Gasteiger partial charge in [-0.2, -0.15) is 0 Å². The van der Waals surface area contributed by atoms with Crippen LogP contribution in [0.4, 0.5) is 0 Å². The first kappa shape index (κ1) is 24.2. The maximum absolute atomic E-state index is 11.4. The van der Waals surface area contributed by atoms with Crippen LogP contribution in [-0.4, -0.2) is 41.4 Å². The van der Waals surface area contributed by atoms with Gasteiger partial charge in [-0.25, -0.2) is 4.98 Å². The highest BCUT2D eigenvalue weighted by Crippen LogP contribution is 2.33. The molecule has 0 aliphatic rings. The van der Waals surface area contributed by atoms with Gasteiger partial charge in [0.15, 0.2) is 11.5 Å². The minimum Gasteiger partial charge on any atom is -0.493 e. The number of carboxylic acid groups (broad SMARTS) is 1. The first-order valence-electron chi connectivity index (χ1n) is 11.6. The van der Waals surface area contributed by atoms with E-state index >= 15 is 0 Å². The smallest absolute Gasteiger partial charge is 0.312 e. The zero-order valence-corrected chi connectivity index (χ0v) is 20.4. The zero-order chi connectivity index (χ0) is 24.9. The van der Waals surface area contributed by atoms with E-state index < -0.39 is 11.9 Å². The SMILES string of the molecule is CCc1coc(-c2ccc(OCCCOc3ccc4[nH]c(C(C)C(=O)O)c(C)c4c3)c(OC)c2)n1. The number of aromatic amines is 1. The van der Waals surface area contributed by atoms with Gasteiger partial charge in [0.05, 0.1) is 31.9 Å². The van der Waals surface area contributed by atoms with Gasteiger partial charge < -0.3 is 28.7 Å². The highest BCUT2D eigenvalue weighted by Gasteiger charge is 2.20. The molecule has 0 saturated carbocycles. The molecule has 4 aromatic rings. The fourth-order valence-electron chi connectivity index (χ4n) is 3.93. The van der Waals surface area contributed by atoms with Crippen molar-refractivity contribution in [3.05, 3.63) is 59.6 Å². The Kier molecular flexibility index (Phi) is 7.29. The van der Waals surface area contributed by atoms with Gasteiger partial charge in [0.2, 0.25) is 5.89 Å². The van der Waals surface area contributed by atoms with Crippen molar-refractivity contribution in [1.29, 1.82) is 0 Å². The summed E-state index contributed by atoms with van der Waals surface area (Å²) in [6.45, 7) is 6.57. The standard InChI is InChI=1S/C27H30N2O6/c1-5-19-15-35-26(28-19)18-7-10-23(24(13-18)32-4)34-12-6-11-33-20-8-9-22-21(14-20)16(2)25(29-22)17(3)27(30)31/h7-10,13-15,17,29H,5-6,11-12H2,1-4H3,(H,30,31). The van der Waals surface area contributed by atoms with Gasteiger partial charge in [0, 0.05) is 28.6 Å². The van der Waals surface area contributed by atoms with Gasteiger partial charge in [0.1, 0.15) is 12.0 Å². The molecule has 0 saturated heterocycles. The quantitative estimate of drug-likeness (QED) is 0.265. The molecule has 0 fully saturated rings. The Labute approximate surface area is 203 Å². The van der Waals surface area contributed by atoms with Crippen LogP contribution in [0.25, 0.3) is 22.4 Å². The second-order valence-electron chi connectivity index (χ2n) is 8.34. The molecular formula is C27H30N2O6. The minimum absolute atomic E-state index is 0.459. The Morgan fingerprint density at radius 3 is 2.66 bits per heavy atom. The Bertz CT molecular complexity index is 1320. The van der Waals surface area contributed by atoms with E-state index in [9.17, 15) is 9.90 Å². The number of aliphatic carboxylic acids is 1. The van der Waals surface area contributed by atoms with Crippen LogP contribution >= 0.6 is 0 Å². The van der Waals surface area contributed by atoms with Crippen LogP contribution in [-0.2, 0) is 11.2 Å². The molecule has 2 N–H and O–H groups in total. The number of fused-ring (bicyclic) bond motifs is 1. The molecule has 0 bridgehead atoms. The first-order chi connectivity index (χ1) is 16.9. The molecule has 0 aliphatic heterocycles. The number of H-pyrrole nitrogens is 1. The van der Waals surface area contributed by atoms with Crippen LogP contribution < -0.4 is 14.2 Å². The first-order valence-corrected chi connectivity index (χ1v) is 11.6. The van der Waals surface area contributed by atoms with Crippen molar-refractivity contribution in [2.24, 2.45) is 0 Å². The molecule has 0 aliphatic carbocycles. The molecular weight excluding hydrogens is 448 g/mol. The highest BCUT2D eigenvalue weighted by atomic mass is 16.5. The third-order valence-corrected chi connectivity index (χ3v) is 6.01. The van der Waals surface area contributed by atoms with Gasteiger partial charge in [-0.3, -0.25) is 4.79 Å². The van der Waals surface area contributed by atoms with E-state index in [-0.39, 0.29) is 0 Å². The summed E-state index contributed by atoms with van der Waals surface area (Å²) in [4.78, 5) is 19.0. The monoisotopic (exact) mass is 478 g/mol. The lowest BCUT2D eigenvalue weighted by molar-refractivity contribution is -0.138. The van der Waals surface area contributed by atoms with Crippen LogP contribution in [0.1, 0.15) is 43.1 Å². The van der Waals surface area contributed by atoms with Crippen molar-refractivity contribution in [2.45, 2.75) is 39.5 Å². The summed E-state index contributed by atoms with van der Waals surface area (Å²) in [7, 11) is 1.60. The third kappa shape index (κ3) is 5.26. The van der Waals surface area contributed by atoms with Crippen molar-refractivity contribution < 1.29 is 28.5 Å². The maximum atomic E-state index is 11.4.